The maximum absolute atomic E-state index is 6.29. The van der Waals surface area contributed by atoms with E-state index >= 15 is 0 Å². The third kappa shape index (κ3) is 2.42. The van der Waals surface area contributed by atoms with Gasteiger partial charge in [-0.15, -0.1) is 11.3 Å². The molecule has 0 fully saturated rings. The van der Waals surface area contributed by atoms with Gasteiger partial charge in [-0.2, -0.15) is 0 Å². The first-order chi connectivity index (χ1) is 8.94. The minimum absolute atomic E-state index is 0.120. The monoisotopic (exact) mass is 273 g/mol. The highest BCUT2D eigenvalue weighted by Crippen LogP contribution is 2.43. The van der Waals surface area contributed by atoms with Crippen LogP contribution in [0, 0.1) is 12.3 Å². The summed E-state index contributed by atoms with van der Waals surface area (Å²) in [6, 6.07) is 4.21. The predicted molar refractivity (Wildman–Crippen MR) is 79.1 cm³/mol. The number of aryl methyl sites for hydroxylation is 1. The number of rotatable bonds is 1. The lowest BCUT2D eigenvalue weighted by atomic mass is 9.77. The van der Waals surface area contributed by atoms with E-state index in [1.807, 2.05) is 12.3 Å². The molecule has 0 aromatic carbocycles. The smallest absolute Gasteiger partial charge is 0.142 e. The molecular formula is C15H19N3S. The van der Waals surface area contributed by atoms with Gasteiger partial charge in [-0.25, -0.2) is 4.98 Å². The summed E-state index contributed by atoms with van der Waals surface area (Å²) in [5.74, 6) is 0. The summed E-state index contributed by atoms with van der Waals surface area (Å²) in [5.41, 5.74) is 9.89. The van der Waals surface area contributed by atoms with Crippen LogP contribution in [0.3, 0.4) is 0 Å². The predicted octanol–water partition coefficient (Wildman–Crippen LogP) is 3.49. The van der Waals surface area contributed by atoms with Crippen molar-refractivity contribution < 1.29 is 0 Å². The van der Waals surface area contributed by atoms with E-state index in [0.29, 0.717) is 0 Å². The molecule has 100 valence electrons. The summed E-state index contributed by atoms with van der Waals surface area (Å²) < 4.78 is 0. The zero-order valence-electron chi connectivity index (χ0n) is 11.6. The molecule has 1 unspecified atom stereocenters. The Labute approximate surface area is 117 Å². The van der Waals surface area contributed by atoms with Crippen molar-refractivity contribution in [2.75, 3.05) is 0 Å². The SMILES string of the molecule is Cc1ccnc(-c2nc3c(s2)C(N)CC(C)(C)C3)c1. The van der Waals surface area contributed by atoms with Crippen LogP contribution in [-0.4, -0.2) is 9.97 Å². The van der Waals surface area contributed by atoms with Gasteiger partial charge in [0.15, 0.2) is 0 Å². The van der Waals surface area contributed by atoms with Crippen molar-refractivity contribution in [2.45, 2.75) is 39.7 Å². The second-order valence-corrected chi connectivity index (χ2v) is 7.23. The molecule has 0 saturated carbocycles. The van der Waals surface area contributed by atoms with Gasteiger partial charge in [-0.1, -0.05) is 13.8 Å². The molecule has 19 heavy (non-hydrogen) atoms. The van der Waals surface area contributed by atoms with Gasteiger partial charge >= 0.3 is 0 Å². The van der Waals surface area contributed by atoms with Gasteiger partial charge in [0.2, 0.25) is 0 Å². The van der Waals surface area contributed by atoms with Crippen molar-refractivity contribution in [3.8, 4) is 10.7 Å². The number of hydrogen-bond acceptors (Lipinski definition) is 4. The molecule has 0 spiro atoms. The second kappa shape index (κ2) is 4.39. The first-order valence-electron chi connectivity index (χ1n) is 6.63. The quantitative estimate of drug-likeness (QED) is 0.865. The summed E-state index contributed by atoms with van der Waals surface area (Å²) in [6.45, 7) is 6.60. The highest BCUT2D eigenvalue weighted by atomic mass is 32.1. The van der Waals surface area contributed by atoms with Crippen molar-refractivity contribution in [3.63, 3.8) is 0 Å². The summed E-state index contributed by atoms with van der Waals surface area (Å²) in [7, 11) is 0. The molecule has 3 rings (SSSR count). The number of thiazole rings is 1. The van der Waals surface area contributed by atoms with Gasteiger partial charge in [0.1, 0.15) is 5.01 Å². The van der Waals surface area contributed by atoms with Crippen LogP contribution >= 0.6 is 11.3 Å². The maximum Gasteiger partial charge on any atom is 0.142 e. The fourth-order valence-corrected chi connectivity index (χ4v) is 3.81. The van der Waals surface area contributed by atoms with Crippen LogP contribution in [0.4, 0.5) is 0 Å². The molecule has 4 heteroatoms. The first kappa shape index (κ1) is 12.8. The molecule has 0 radical (unpaired) electrons. The minimum atomic E-state index is 0.120. The number of hydrogen-bond donors (Lipinski definition) is 1. The Kier molecular flexibility index (Phi) is 2.95. The highest BCUT2D eigenvalue weighted by molar-refractivity contribution is 7.15. The van der Waals surface area contributed by atoms with E-state index < -0.39 is 0 Å². The average molecular weight is 273 g/mol. The number of aromatic nitrogens is 2. The van der Waals surface area contributed by atoms with E-state index in [-0.39, 0.29) is 11.5 Å². The van der Waals surface area contributed by atoms with E-state index in [0.717, 1.165) is 23.5 Å². The van der Waals surface area contributed by atoms with Gasteiger partial charge in [-0.3, -0.25) is 4.98 Å². The number of nitrogens with zero attached hydrogens (tertiary/aromatic N) is 2. The third-order valence-corrected chi connectivity index (χ3v) is 4.87. The molecule has 2 aromatic rings. The minimum Gasteiger partial charge on any atom is -0.323 e. The Balaban J connectivity index is 2.04. The maximum atomic E-state index is 6.29. The Hall–Kier alpha value is -1.26. The van der Waals surface area contributed by atoms with Crippen LogP contribution in [0.1, 0.15) is 42.4 Å². The third-order valence-electron chi connectivity index (χ3n) is 3.62. The molecule has 1 aliphatic carbocycles. The molecular weight excluding hydrogens is 254 g/mol. The van der Waals surface area contributed by atoms with Crippen molar-refractivity contribution in [3.05, 3.63) is 34.5 Å². The molecule has 2 heterocycles. The Morgan fingerprint density at radius 2 is 2.21 bits per heavy atom. The lowest BCUT2D eigenvalue weighted by molar-refractivity contribution is 0.282. The first-order valence-corrected chi connectivity index (χ1v) is 7.44. The van der Waals surface area contributed by atoms with E-state index in [9.17, 15) is 0 Å². The Bertz CT molecular complexity index is 616. The van der Waals surface area contributed by atoms with Gasteiger partial charge in [0.05, 0.1) is 11.4 Å². The largest absolute Gasteiger partial charge is 0.323 e. The van der Waals surface area contributed by atoms with Gasteiger partial charge in [0, 0.05) is 17.1 Å². The summed E-state index contributed by atoms with van der Waals surface area (Å²) >= 11 is 1.71. The van der Waals surface area contributed by atoms with E-state index in [1.165, 1.54) is 16.1 Å². The standard InChI is InChI=1S/C15H19N3S/c1-9-4-5-17-11(6-9)14-18-12-8-15(2,3)7-10(16)13(12)19-14/h4-6,10H,7-8,16H2,1-3H3. The van der Waals surface area contributed by atoms with Crippen LogP contribution in [0.5, 0.6) is 0 Å². The fourth-order valence-electron chi connectivity index (χ4n) is 2.76. The van der Waals surface area contributed by atoms with Gasteiger partial charge < -0.3 is 5.73 Å². The molecule has 1 aliphatic rings. The van der Waals surface area contributed by atoms with Crippen LogP contribution in [0.25, 0.3) is 10.7 Å². The van der Waals surface area contributed by atoms with Gasteiger partial charge in [-0.05, 0) is 42.9 Å². The van der Waals surface area contributed by atoms with Crippen LogP contribution in [-0.2, 0) is 6.42 Å². The molecule has 2 N–H and O–H groups in total. The van der Waals surface area contributed by atoms with Crippen LogP contribution in [0.2, 0.25) is 0 Å². The van der Waals surface area contributed by atoms with E-state index in [2.05, 4.69) is 31.8 Å². The van der Waals surface area contributed by atoms with Gasteiger partial charge in [0.25, 0.3) is 0 Å². The normalized spacial score (nSPS) is 21.2. The lowest BCUT2D eigenvalue weighted by Gasteiger charge is -2.32. The molecule has 0 saturated heterocycles. The van der Waals surface area contributed by atoms with Crippen molar-refractivity contribution in [1.29, 1.82) is 0 Å². The molecule has 3 nitrogen and oxygen atoms in total. The number of fused-ring (bicyclic) bond motifs is 1. The number of nitrogens with two attached hydrogens (primary N) is 1. The molecule has 0 aliphatic heterocycles. The van der Waals surface area contributed by atoms with Crippen LogP contribution in [0.15, 0.2) is 18.3 Å². The molecule has 0 bridgehead atoms. The van der Waals surface area contributed by atoms with Crippen molar-refractivity contribution >= 4 is 11.3 Å². The van der Waals surface area contributed by atoms with Crippen LogP contribution < -0.4 is 5.73 Å². The van der Waals surface area contributed by atoms with E-state index in [1.54, 1.807) is 11.3 Å². The second-order valence-electron chi connectivity index (χ2n) is 6.20. The summed E-state index contributed by atoms with van der Waals surface area (Å²) in [5, 5.41) is 1.00. The topological polar surface area (TPSA) is 51.8 Å². The zero-order valence-corrected chi connectivity index (χ0v) is 12.4. The van der Waals surface area contributed by atoms with E-state index in [4.69, 9.17) is 10.7 Å². The molecule has 2 aromatic heterocycles. The van der Waals surface area contributed by atoms with Crippen molar-refractivity contribution in [1.82, 2.24) is 9.97 Å². The lowest BCUT2D eigenvalue weighted by Crippen LogP contribution is -2.28. The Morgan fingerprint density at radius 3 is 2.95 bits per heavy atom. The fraction of sp³-hybridized carbons (Fsp3) is 0.467. The number of pyridine rings is 1. The summed E-state index contributed by atoms with van der Waals surface area (Å²) in [4.78, 5) is 10.5. The summed E-state index contributed by atoms with van der Waals surface area (Å²) in [6.07, 6.45) is 3.89. The average Bonchev–Trinajstić information content (AvgIpc) is 2.71. The van der Waals surface area contributed by atoms with Crippen molar-refractivity contribution in [2.24, 2.45) is 11.1 Å². The highest BCUT2D eigenvalue weighted by Gasteiger charge is 2.33. The molecule has 1 atom stereocenters. The Morgan fingerprint density at radius 1 is 1.42 bits per heavy atom. The molecule has 0 amide bonds. The zero-order chi connectivity index (χ0) is 13.6.